The summed E-state index contributed by atoms with van der Waals surface area (Å²) in [6.07, 6.45) is 6.90. The molecule has 0 amide bonds. The second-order valence-corrected chi connectivity index (χ2v) is 11.9. The van der Waals surface area contributed by atoms with Crippen LogP contribution >= 0.6 is 0 Å². The minimum absolute atomic E-state index is 0.519. The van der Waals surface area contributed by atoms with Gasteiger partial charge >= 0.3 is 118 Å². The molecule has 0 bridgehead atoms. The van der Waals surface area contributed by atoms with E-state index >= 15 is 0 Å². The summed E-state index contributed by atoms with van der Waals surface area (Å²) in [5.74, 6) is 0. The van der Waals surface area contributed by atoms with Crippen molar-refractivity contribution >= 4 is 0 Å². The first-order valence-corrected chi connectivity index (χ1v) is 11.2. The molecule has 0 N–H and O–H groups in total. The number of hydrogen-bond donors (Lipinski definition) is 0. The second kappa shape index (κ2) is 5.52. The molecule has 2 aliphatic rings. The third-order valence-corrected chi connectivity index (χ3v) is 11.2. The monoisotopic (exact) mass is 399 g/mol. The summed E-state index contributed by atoms with van der Waals surface area (Å²) >= 11 is -0.616. The Balaban J connectivity index is 1.95. The molecule has 0 aromatic heterocycles. The quantitative estimate of drug-likeness (QED) is 0.651. The summed E-state index contributed by atoms with van der Waals surface area (Å²) in [6, 6.07) is 0. The Hall–Kier alpha value is 0.310. The first-order valence-electron chi connectivity index (χ1n) is 6.88. The molecule has 1 saturated heterocycles. The van der Waals surface area contributed by atoms with Crippen molar-refractivity contribution in [3.8, 4) is 0 Å². The van der Waals surface area contributed by atoms with Gasteiger partial charge in [-0.2, -0.15) is 0 Å². The zero-order valence-electron chi connectivity index (χ0n) is 11.8. The van der Waals surface area contributed by atoms with Gasteiger partial charge < -0.3 is 0 Å². The topological polar surface area (TPSA) is 3.24 Å². The van der Waals surface area contributed by atoms with E-state index in [9.17, 15) is 0 Å². The van der Waals surface area contributed by atoms with Crippen LogP contribution in [0.15, 0.2) is 22.8 Å². The number of nitrogens with zero attached hydrogens (tertiary/aromatic N) is 1. The van der Waals surface area contributed by atoms with Crippen LogP contribution in [-0.4, -0.2) is 22.3 Å². The van der Waals surface area contributed by atoms with Gasteiger partial charge in [-0.1, -0.05) is 0 Å². The third-order valence-electron chi connectivity index (χ3n) is 4.56. The van der Waals surface area contributed by atoms with E-state index in [0.29, 0.717) is 3.17 Å². The Kier molecular flexibility index (Phi) is 4.46. The normalized spacial score (nSPS) is 30.7. The van der Waals surface area contributed by atoms with E-state index in [1.54, 1.807) is 11.1 Å². The Morgan fingerprint density at radius 1 is 1.18 bits per heavy atom. The minimum atomic E-state index is -0.616. The van der Waals surface area contributed by atoms with Gasteiger partial charge in [0, 0.05) is 0 Å². The van der Waals surface area contributed by atoms with Gasteiger partial charge in [-0.3, -0.25) is 0 Å². The standard InChI is InChI=1S/C9H13.C6H12N.Hf/c1-6-5-7(2)9(4)8(6)3;1-7-5-3-2-4-6-7;/h5H,1-4H3;1-6H2;. The van der Waals surface area contributed by atoms with Crippen LogP contribution in [0, 0.1) is 0 Å². The van der Waals surface area contributed by atoms with Crippen molar-refractivity contribution in [3.05, 3.63) is 22.8 Å². The predicted molar refractivity (Wildman–Crippen MR) is 70.8 cm³/mol. The van der Waals surface area contributed by atoms with E-state index in [0.717, 1.165) is 0 Å². The molecule has 2 rings (SSSR count). The van der Waals surface area contributed by atoms with Crippen LogP contribution in [0.3, 0.4) is 0 Å². The molecule has 0 radical (unpaired) electrons. The van der Waals surface area contributed by atoms with Gasteiger partial charge in [-0.05, 0) is 0 Å². The van der Waals surface area contributed by atoms with Crippen molar-refractivity contribution in [1.82, 2.24) is 4.90 Å². The molecule has 94 valence electrons. The molecule has 1 heterocycles. The predicted octanol–water partition coefficient (Wildman–Crippen LogP) is 3.99. The van der Waals surface area contributed by atoms with Crippen molar-refractivity contribution in [2.75, 3.05) is 17.4 Å². The van der Waals surface area contributed by atoms with Crippen molar-refractivity contribution in [2.45, 2.75) is 50.1 Å². The van der Waals surface area contributed by atoms with E-state index < -0.39 is 22.9 Å². The SMILES string of the molecule is CC1=C[C](C)([Hf][CH2]N2CCCCC2)C(C)=C1C. The maximum atomic E-state index is 2.74. The molecule has 1 fully saturated rings. The molecule has 0 saturated carbocycles. The van der Waals surface area contributed by atoms with Gasteiger partial charge in [0.1, 0.15) is 0 Å². The number of rotatable bonds is 3. The van der Waals surface area contributed by atoms with Gasteiger partial charge in [0.25, 0.3) is 0 Å². The first-order chi connectivity index (χ1) is 8.03. The van der Waals surface area contributed by atoms with E-state index in [1.165, 1.54) is 42.2 Å². The molecular weight excluding hydrogens is 373 g/mol. The van der Waals surface area contributed by atoms with Gasteiger partial charge in [-0.25, -0.2) is 0 Å². The van der Waals surface area contributed by atoms with Crippen LogP contribution in [0.4, 0.5) is 0 Å². The van der Waals surface area contributed by atoms with Gasteiger partial charge in [-0.15, -0.1) is 0 Å². The molecule has 1 atom stereocenters. The maximum absolute atomic E-state index is 2.74. The molecule has 0 spiro atoms. The fourth-order valence-corrected chi connectivity index (χ4v) is 8.80. The van der Waals surface area contributed by atoms with Crippen molar-refractivity contribution < 1.29 is 22.9 Å². The van der Waals surface area contributed by atoms with Crippen molar-refractivity contribution in [1.29, 1.82) is 0 Å². The Morgan fingerprint density at radius 2 is 1.82 bits per heavy atom. The molecule has 1 nitrogen and oxygen atoms in total. The summed E-state index contributed by atoms with van der Waals surface area (Å²) in [7, 11) is 0. The van der Waals surface area contributed by atoms with Gasteiger partial charge in [0.15, 0.2) is 0 Å². The van der Waals surface area contributed by atoms with Crippen molar-refractivity contribution in [2.24, 2.45) is 0 Å². The molecule has 2 heteroatoms. The van der Waals surface area contributed by atoms with Crippen LogP contribution in [-0.2, 0) is 22.9 Å². The van der Waals surface area contributed by atoms with Crippen LogP contribution in [0.1, 0.15) is 47.0 Å². The molecule has 1 unspecified atom stereocenters. The molecule has 0 aromatic carbocycles. The number of piperidine rings is 1. The molecular formula is C15H25HfN. The summed E-state index contributed by atoms with van der Waals surface area (Å²) < 4.78 is 1.98. The second-order valence-electron chi connectivity index (χ2n) is 5.79. The van der Waals surface area contributed by atoms with E-state index in [-0.39, 0.29) is 0 Å². The third kappa shape index (κ3) is 3.01. The Labute approximate surface area is 118 Å². The molecule has 0 aromatic rings. The van der Waals surface area contributed by atoms with Crippen molar-refractivity contribution in [3.63, 3.8) is 0 Å². The summed E-state index contributed by atoms with van der Waals surface area (Å²) in [5.41, 5.74) is 4.78. The van der Waals surface area contributed by atoms with E-state index in [1.807, 2.05) is 0 Å². The van der Waals surface area contributed by atoms with Gasteiger partial charge in [0.05, 0.1) is 0 Å². The van der Waals surface area contributed by atoms with Gasteiger partial charge in [0.2, 0.25) is 0 Å². The van der Waals surface area contributed by atoms with E-state index in [4.69, 9.17) is 0 Å². The summed E-state index contributed by atoms with van der Waals surface area (Å²) in [5, 5.41) is 0. The summed E-state index contributed by atoms with van der Waals surface area (Å²) in [6.45, 7) is 12.2. The number of allylic oxidation sites excluding steroid dienone is 4. The number of likely N-dealkylation sites (tertiary alicyclic amines) is 1. The van der Waals surface area contributed by atoms with Crippen LogP contribution in [0.25, 0.3) is 0 Å². The van der Waals surface area contributed by atoms with Crippen LogP contribution < -0.4 is 0 Å². The zero-order chi connectivity index (χ0) is 12.5. The summed E-state index contributed by atoms with van der Waals surface area (Å²) in [4.78, 5) is 2.74. The molecule has 17 heavy (non-hydrogen) atoms. The fourth-order valence-electron chi connectivity index (χ4n) is 2.91. The average Bonchev–Trinajstić information content (AvgIpc) is 2.53. The fraction of sp³-hybridized carbons (Fsp3) is 0.733. The Bertz CT molecular complexity index is 350. The number of hydrogen-bond acceptors (Lipinski definition) is 1. The van der Waals surface area contributed by atoms with E-state index in [2.05, 4.69) is 38.7 Å². The first kappa shape index (κ1) is 13.7. The average molecular weight is 398 g/mol. The van der Waals surface area contributed by atoms with Crippen LogP contribution in [0.5, 0.6) is 0 Å². The Morgan fingerprint density at radius 3 is 2.35 bits per heavy atom. The molecule has 1 aliphatic carbocycles. The molecule has 1 aliphatic heterocycles. The van der Waals surface area contributed by atoms with Crippen LogP contribution in [0.2, 0.25) is 3.17 Å². The zero-order valence-corrected chi connectivity index (χ0v) is 15.4.